The van der Waals surface area contributed by atoms with Gasteiger partial charge in [0.1, 0.15) is 11.8 Å². The molecule has 0 unspecified atom stereocenters. The van der Waals surface area contributed by atoms with Crippen molar-refractivity contribution in [1.82, 2.24) is 9.55 Å². The fourth-order valence-electron chi connectivity index (χ4n) is 3.03. The number of fused-ring (bicyclic) bond motifs is 3. The van der Waals surface area contributed by atoms with Crippen LogP contribution in [0.5, 0.6) is 5.75 Å². The number of benzene rings is 2. The molecule has 0 spiro atoms. The molecule has 0 aliphatic carbocycles. The molecule has 2 aromatic carbocycles. The average Bonchev–Trinajstić information content (AvgIpc) is 2.99. The number of rotatable bonds is 3. The third-order valence-corrected chi connectivity index (χ3v) is 4.18. The van der Waals surface area contributed by atoms with Crippen LogP contribution in [0.2, 0.25) is 0 Å². The van der Waals surface area contributed by atoms with Crippen LogP contribution in [-0.2, 0) is 9.59 Å². The van der Waals surface area contributed by atoms with Gasteiger partial charge in [-0.25, -0.2) is 4.98 Å². The molecule has 126 valence electrons. The highest BCUT2D eigenvalue weighted by molar-refractivity contribution is 6.03. The summed E-state index contributed by atoms with van der Waals surface area (Å²) in [5.74, 6) is 0.539. The SMILES string of the molecule is COc1cccc(NC(=O)[C@@H]2CC(=O)Nc3nc4ccccc4n32)c1. The second-order valence-corrected chi connectivity index (χ2v) is 5.78. The van der Waals surface area contributed by atoms with Crippen LogP contribution in [0.25, 0.3) is 11.0 Å². The van der Waals surface area contributed by atoms with E-state index in [0.717, 1.165) is 11.0 Å². The Labute approximate surface area is 143 Å². The van der Waals surface area contributed by atoms with Gasteiger partial charge in [-0.2, -0.15) is 0 Å². The number of ether oxygens (including phenoxy) is 1. The molecule has 7 heteroatoms. The molecule has 0 saturated heterocycles. The van der Waals surface area contributed by atoms with Crippen LogP contribution in [0.3, 0.4) is 0 Å². The van der Waals surface area contributed by atoms with Crippen LogP contribution in [-0.4, -0.2) is 28.5 Å². The van der Waals surface area contributed by atoms with Gasteiger partial charge >= 0.3 is 0 Å². The number of aromatic nitrogens is 2. The second kappa shape index (κ2) is 5.94. The Morgan fingerprint density at radius 1 is 1.28 bits per heavy atom. The van der Waals surface area contributed by atoms with Crippen molar-refractivity contribution >= 4 is 34.5 Å². The first-order chi connectivity index (χ1) is 12.2. The molecule has 0 bridgehead atoms. The molecule has 0 radical (unpaired) electrons. The molecule has 1 aliphatic rings. The summed E-state index contributed by atoms with van der Waals surface area (Å²) in [7, 11) is 1.57. The van der Waals surface area contributed by atoms with E-state index in [1.54, 1.807) is 35.9 Å². The van der Waals surface area contributed by atoms with Gasteiger partial charge in [-0.15, -0.1) is 0 Å². The number of methoxy groups -OCH3 is 1. The van der Waals surface area contributed by atoms with E-state index in [9.17, 15) is 9.59 Å². The van der Waals surface area contributed by atoms with E-state index in [1.807, 2.05) is 24.3 Å². The first-order valence-electron chi connectivity index (χ1n) is 7.87. The number of carbonyl (C=O) groups is 2. The van der Waals surface area contributed by atoms with E-state index in [2.05, 4.69) is 15.6 Å². The zero-order valence-electron chi connectivity index (χ0n) is 13.5. The zero-order valence-corrected chi connectivity index (χ0v) is 13.5. The molecule has 4 rings (SSSR count). The highest BCUT2D eigenvalue weighted by atomic mass is 16.5. The Bertz CT molecular complexity index is 979. The lowest BCUT2D eigenvalue weighted by atomic mass is 10.1. The molecule has 2 heterocycles. The standard InChI is InChI=1S/C18H16N4O3/c1-25-12-6-4-5-11(9-12)19-17(24)15-10-16(23)21-18-20-13-7-2-3-8-14(13)22(15)18/h2-9,15H,10H2,1H3,(H,19,24)(H,20,21,23)/t15-/m0/s1. The largest absolute Gasteiger partial charge is 0.497 e. The number of nitrogens with zero attached hydrogens (tertiary/aromatic N) is 2. The smallest absolute Gasteiger partial charge is 0.248 e. The molecular formula is C18H16N4O3. The Morgan fingerprint density at radius 2 is 2.12 bits per heavy atom. The van der Waals surface area contributed by atoms with Crippen LogP contribution in [0.4, 0.5) is 11.6 Å². The third-order valence-electron chi connectivity index (χ3n) is 4.18. The maximum absolute atomic E-state index is 12.8. The van der Waals surface area contributed by atoms with Crippen molar-refractivity contribution in [2.75, 3.05) is 17.7 Å². The van der Waals surface area contributed by atoms with E-state index in [1.165, 1.54) is 0 Å². The molecule has 25 heavy (non-hydrogen) atoms. The summed E-state index contributed by atoms with van der Waals surface area (Å²) in [6, 6.07) is 13.9. The lowest BCUT2D eigenvalue weighted by Gasteiger charge is -2.25. The fourth-order valence-corrected chi connectivity index (χ4v) is 3.03. The van der Waals surface area contributed by atoms with E-state index < -0.39 is 6.04 Å². The number of imidazole rings is 1. The molecule has 2 N–H and O–H groups in total. The number of amides is 2. The van der Waals surface area contributed by atoms with Crippen LogP contribution in [0, 0.1) is 0 Å². The van der Waals surface area contributed by atoms with Gasteiger partial charge in [0.15, 0.2) is 0 Å². The van der Waals surface area contributed by atoms with Gasteiger partial charge in [0.25, 0.3) is 0 Å². The highest BCUT2D eigenvalue weighted by Crippen LogP contribution is 2.31. The van der Waals surface area contributed by atoms with Crippen LogP contribution in [0.1, 0.15) is 12.5 Å². The number of para-hydroxylation sites is 2. The summed E-state index contributed by atoms with van der Waals surface area (Å²) in [5, 5.41) is 5.58. The number of nitrogens with one attached hydrogen (secondary N) is 2. The third kappa shape index (κ3) is 2.69. The molecule has 2 amide bonds. The van der Waals surface area contributed by atoms with Gasteiger partial charge in [0, 0.05) is 11.8 Å². The van der Waals surface area contributed by atoms with Crippen molar-refractivity contribution in [2.45, 2.75) is 12.5 Å². The summed E-state index contributed by atoms with van der Waals surface area (Å²) < 4.78 is 6.94. The minimum atomic E-state index is -0.664. The predicted molar refractivity (Wildman–Crippen MR) is 93.6 cm³/mol. The minimum absolute atomic E-state index is 0.0587. The zero-order chi connectivity index (χ0) is 17.4. The number of hydrogen-bond acceptors (Lipinski definition) is 4. The Kier molecular flexibility index (Phi) is 3.61. The summed E-state index contributed by atoms with van der Waals surface area (Å²) >= 11 is 0. The van der Waals surface area contributed by atoms with Gasteiger partial charge in [-0.3, -0.25) is 19.5 Å². The number of carbonyl (C=O) groups excluding carboxylic acids is 2. The van der Waals surface area contributed by atoms with Gasteiger partial charge < -0.3 is 10.1 Å². The lowest BCUT2D eigenvalue weighted by Crippen LogP contribution is -2.35. The van der Waals surface area contributed by atoms with Crippen LogP contribution in [0.15, 0.2) is 48.5 Å². The molecule has 1 aromatic heterocycles. The maximum atomic E-state index is 12.8. The van der Waals surface area contributed by atoms with Crippen molar-refractivity contribution in [1.29, 1.82) is 0 Å². The van der Waals surface area contributed by atoms with Crippen LogP contribution >= 0.6 is 0 Å². The average molecular weight is 336 g/mol. The van der Waals surface area contributed by atoms with Gasteiger partial charge in [-0.05, 0) is 24.3 Å². The summed E-state index contributed by atoms with van der Waals surface area (Å²) in [5.41, 5.74) is 2.16. The van der Waals surface area contributed by atoms with Crippen molar-refractivity contribution in [3.8, 4) is 5.75 Å². The maximum Gasteiger partial charge on any atom is 0.248 e. The Morgan fingerprint density at radius 3 is 2.96 bits per heavy atom. The lowest BCUT2D eigenvalue weighted by molar-refractivity contribution is -0.124. The first kappa shape index (κ1) is 15.2. The van der Waals surface area contributed by atoms with E-state index >= 15 is 0 Å². The molecule has 0 fully saturated rings. The van der Waals surface area contributed by atoms with Crippen molar-refractivity contribution < 1.29 is 14.3 Å². The van der Waals surface area contributed by atoms with Gasteiger partial charge in [0.2, 0.25) is 17.8 Å². The summed E-state index contributed by atoms with van der Waals surface area (Å²) in [6.07, 6.45) is 0.0587. The van der Waals surface area contributed by atoms with Gasteiger partial charge in [-0.1, -0.05) is 18.2 Å². The second-order valence-electron chi connectivity index (χ2n) is 5.78. The van der Waals surface area contributed by atoms with E-state index in [0.29, 0.717) is 17.4 Å². The number of anilines is 2. The van der Waals surface area contributed by atoms with E-state index in [-0.39, 0.29) is 18.2 Å². The summed E-state index contributed by atoms with van der Waals surface area (Å²) in [6.45, 7) is 0. The molecule has 0 saturated carbocycles. The molecular weight excluding hydrogens is 320 g/mol. The van der Waals surface area contributed by atoms with Gasteiger partial charge in [0.05, 0.1) is 24.6 Å². The molecule has 7 nitrogen and oxygen atoms in total. The summed E-state index contributed by atoms with van der Waals surface area (Å²) in [4.78, 5) is 29.2. The number of hydrogen-bond donors (Lipinski definition) is 2. The molecule has 3 aromatic rings. The highest BCUT2D eigenvalue weighted by Gasteiger charge is 2.32. The molecule has 1 aliphatic heterocycles. The first-order valence-corrected chi connectivity index (χ1v) is 7.87. The van der Waals surface area contributed by atoms with Crippen molar-refractivity contribution in [2.24, 2.45) is 0 Å². The normalized spacial score (nSPS) is 16.2. The predicted octanol–water partition coefficient (Wildman–Crippen LogP) is 2.57. The van der Waals surface area contributed by atoms with E-state index in [4.69, 9.17) is 4.74 Å². The Hall–Kier alpha value is -3.35. The van der Waals surface area contributed by atoms with Crippen LogP contribution < -0.4 is 15.4 Å². The Balaban J connectivity index is 1.70. The van der Waals surface area contributed by atoms with Crippen molar-refractivity contribution in [3.05, 3.63) is 48.5 Å². The molecule has 1 atom stereocenters. The topological polar surface area (TPSA) is 85.2 Å². The van der Waals surface area contributed by atoms with Crippen molar-refractivity contribution in [3.63, 3.8) is 0 Å². The fraction of sp³-hybridized carbons (Fsp3) is 0.167. The monoisotopic (exact) mass is 336 g/mol. The minimum Gasteiger partial charge on any atom is -0.497 e. The quantitative estimate of drug-likeness (QED) is 0.770.